The van der Waals surface area contributed by atoms with E-state index in [0.717, 1.165) is 43.5 Å². The third-order valence-corrected chi connectivity index (χ3v) is 5.38. The molecule has 1 saturated carbocycles. The van der Waals surface area contributed by atoms with Gasteiger partial charge < -0.3 is 10.1 Å². The van der Waals surface area contributed by atoms with E-state index in [0.29, 0.717) is 10.9 Å². The molecule has 5 heteroatoms. The first-order chi connectivity index (χ1) is 12.7. The molecular weight excluding hydrogens is 348 g/mol. The number of aromatic nitrogens is 1. The molecule has 2 aromatic rings. The summed E-state index contributed by atoms with van der Waals surface area (Å²) in [6, 6.07) is 11.0. The highest BCUT2D eigenvalue weighted by molar-refractivity contribution is 6.30. The van der Waals surface area contributed by atoms with Gasteiger partial charge in [0.05, 0.1) is 6.10 Å². The van der Waals surface area contributed by atoms with Gasteiger partial charge in [-0.15, -0.1) is 0 Å². The number of halogens is 1. The van der Waals surface area contributed by atoms with Crippen LogP contribution in [0.4, 0.5) is 5.69 Å². The number of ether oxygens (including phenoxy) is 1. The van der Waals surface area contributed by atoms with Crippen molar-refractivity contribution in [3.05, 3.63) is 53.8 Å². The van der Waals surface area contributed by atoms with Crippen LogP contribution in [0.2, 0.25) is 5.02 Å². The zero-order chi connectivity index (χ0) is 18.4. The molecule has 1 N–H and O–H groups in total. The first-order valence-corrected chi connectivity index (χ1v) is 9.66. The van der Waals surface area contributed by atoms with Crippen LogP contribution in [0.25, 0.3) is 0 Å². The average Bonchev–Trinajstić information content (AvgIpc) is 2.66. The predicted molar refractivity (Wildman–Crippen MR) is 104 cm³/mol. The number of pyridine rings is 1. The molecule has 1 heterocycles. The van der Waals surface area contributed by atoms with Crippen LogP contribution in [0.1, 0.15) is 39.0 Å². The first kappa shape index (κ1) is 18.7. The summed E-state index contributed by atoms with van der Waals surface area (Å²) in [4.78, 5) is 16.7. The molecule has 138 valence electrons. The van der Waals surface area contributed by atoms with Gasteiger partial charge in [0.15, 0.2) is 0 Å². The van der Waals surface area contributed by atoms with Crippen molar-refractivity contribution < 1.29 is 9.53 Å². The van der Waals surface area contributed by atoms with Crippen LogP contribution in [-0.2, 0) is 4.79 Å². The lowest BCUT2D eigenvalue weighted by Gasteiger charge is -2.33. The Labute approximate surface area is 159 Å². The van der Waals surface area contributed by atoms with Crippen molar-refractivity contribution in [2.45, 2.75) is 45.1 Å². The van der Waals surface area contributed by atoms with Crippen LogP contribution < -0.4 is 10.1 Å². The first-order valence-electron chi connectivity index (χ1n) is 9.29. The maximum Gasteiger partial charge on any atom is 0.227 e. The van der Waals surface area contributed by atoms with Crippen LogP contribution in [0, 0.1) is 11.8 Å². The summed E-state index contributed by atoms with van der Waals surface area (Å²) in [7, 11) is 0. The van der Waals surface area contributed by atoms with Crippen LogP contribution in [0.5, 0.6) is 5.75 Å². The van der Waals surface area contributed by atoms with E-state index in [1.54, 1.807) is 24.5 Å². The Hall–Kier alpha value is -2.07. The number of hydrogen-bond donors (Lipinski definition) is 1. The second-order valence-electron chi connectivity index (χ2n) is 6.85. The van der Waals surface area contributed by atoms with Gasteiger partial charge in [0.1, 0.15) is 5.75 Å². The zero-order valence-corrected chi connectivity index (χ0v) is 15.8. The van der Waals surface area contributed by atoms with Crippen molar-refractivity contribution in [3.63, 3.8) is 0 Å². The molecule has 0 radical (unpaired) electrons. The number of benzene rings is 1. The Kier molecular flexibility index (Phi) is 6.51. The number of carbonyl (C=O) groups excluding carboxylic acids is 1. The lowest BCUT2D eigenvalue weighted by atomic mass is 9.77. The van der Waals surface area contributed by atoms with Gasteiger partial charge in [-0.25, -0.2) is 0 Å². The molecule has 1 aliphatic rings. The Bertz CT molecular complexity index is 698. The lowest BCUT2D eigenvalue weighted by molar-refractivity contribution is -0.122. The molecule has 1 aliphatic carbocycles. The molecule has 0 bridgehead atoms. The molecule has 0 saturated heterocycles. The SMILES string of the molecule is CC[C@H](C(=O)Nc1ccc(Cl)cc1)C1CCC(Oc2ccncc2)CC1. The number of carbonyl (C=O) groups is 1. The molecule has 1 aromatic carbocycles. The third-order valence-electron chi connectivity index (χ3n) is 5.13. The Morgan fingerprint density at radius 2 is 1.81 bits per heavy atom. The van der Waals surface area contributed by atoms with Crippen LogP contribution in [-0.4, -0.2) is 17.0 Å². The monoisotopic (exact) mass is 372 g/mol. The largest absolute Gasteiger partial charge is 0.490 e. The van der Waals surface area contributed by atoms with Crippen LogP contribution in [0.3, 0.4) is 0 Å². The number of rotatable bonds is 6. The molecule has 0 spiro atoms. The summed E-state index contributed by atoms with van der Waals surface area (Å²) in [5.74, 6) is 1.42. The number of nitrogens with zero attached hydrogens (tertiary/aromatic N) is 1. The molecule has 3 rings (SSSR count). The third kappa shape index (κ3) is 4.98. The fourth-order valence-corrected chi connectivity index (χ4v) is 3.85. The van der Waals surface area contributed by atoms with E-state index < -0.39 is 0 Å². The predicted octanol–water partition coefficient (Wildman–Crippen LogP) is 5.34. The standard InChI is InChI=1S/C21H25ClN2O2/c1-2-20(21(25)24-17-7-5-16(22)6-8-17)15-3-9-18(10-4-15)26-19-11-13-23-14-12-19/h5-8,11-15,18,20H,2-4,9-10H2,1H3,(H,24,25)/t15?,18?,20-/m0/s1. The Morgan fingerprint density at radius 3 is 2.42 bits per heavy atom. The number of hydrogen-bond acceptors (Lipinski definition) is 3. The van der Waals surface area contributed by atoms with Crippen molar-refractivity contribution in [3.8, 4) is 5.75 Å². The molecule has 1 amide bonds. The summed E-state index contributed by atoms with van der Waals surface area (Å²) >= 11 is 5.90. The lowest BCUT2D eigenvalue weighted by Crippen LogP contribution is -2.33. The van der Waals surface area contributed by atoms with Crippen molar-refractivity contribution in [2.24, 2.45) is 11.8 Å². The summed E-state index contributed by atoms with van der Waals surface area (Å²) in [6.07, 6.45) is 8.56. The van der Waals surface area contributed by atoms with Crippen molar-refractivity contribution in [2.75, 3.05) is 5.32 Å². The van der Waals surface area contributed by atoms with E-state index >= 15 is 0 Å². The summed E-state index contributed by atoms with van der Waals surface area (Å²) in [6.45, 7) is 2.09. The van der Waals surface area contributed by atoms with Gasteiger partial charge in [-0.05, 0) is 74.4 Å². The molecular formula is C21H25ClN2O2. The van der Waals surface area contributed by atoms with Crippen LogP contribution >= 0.6 is 11.6 Å². The topological polar surface area (TPSA) is 51.2 Å². The molecule has 0 aliphatic heterocycles. The highest BCUT2D eigenvalue weighted by Crippen LogP contribution is 2.34. The summed E-state index contributed by atoms with van der Waals surface area (Å²) < 4.78 is 6.03. The second-order valence-corrected chi connectivity index (χ2v) is 7.28. The summed E-state index contributed by atoms with van der Waals surface area (Å²) in [5.41, 5.74) is 0.799. The molecule has 1 fully saturated rings. The molecule has 4 nitrogen and oxygen atoms in total. The molecule has 1 aromatic heterocycles. The van der Waals surface area contributed by atoms with Gasteiger partial charge in [-0.3, -0.25) is 9.78 Å². The zero-order valence-electron chi connectivity index (χ0n) is 15.0. The van der Waals surface area contributed by atoms with E-state index in [1.165, 1.54) is 0 Å². The second kappa shape index (κ2) is 9.04. The molecule has 1 atom stereocenters. The maximum absolute atomic E-state index is 12.7. The minimum Gasteiger partial charge on any atom is -0.490 e. The highest BCUT2D eigenvalue weighted by Gasteiger charge is 2.31. The Balaban J connectivity index is 1.52. The molecule has 0 unspecified atom stereocenters. The number of amides is 1. The average molecular weight is 373 g/mol. The van der Waals surface area contributed by atoms with E-state index in [1.807, 2.05) is 24.3 Å². The van der Waals surface area contributed by atoms with Gasteiger partial charge in [0.25, 0.3) is 0 Å². The van der Waals surface area contributed by atoms with Crippen molar-refractivity contribution in [1.29, 1.82) is 0 Å². The van der Waals surface area contributed by atoms with Gasteiger partial charge >= 0.3 is 0 Å². The quantitative estimate of drug-likeness (QED) is 0.744. The van der Waals surface area contributed by atoms with E-state index in [-0.39, 0.29) is 17.9 Å². The van der Waals surface area contributed by atoms with Crippen LogP contribution in [0.15, 0.2) is 48.8 Å². The fraction of sp³-hybridized carbons (Fsp3) is 0.429. The van der Waals surface area contributed by atoms with Gasteiger partial charge in [0.2, 0.25) is 5.91 Å². The van der Waals surface area contributed by atoms with Gasteiger partial charge in [-0.2, -0.15) is 0 Å². The smallest absolute Gasteiger partial charge is 0.227 e. The highest BCUT2D eigenvalue weighted by atomic mass is 35.5. The van der Waals surface area contributed by atoms with E-state index in [9.17, 15) is 4.79 Å². The number of nitrogens with one attached hydrogen (secondary N) is 1. The van der Waals surface area contributed by atoms with Gasteiger partial charge in [-0.1, -0.05) is 18.5 Å². The van der Waals surface area contributed by atoms with Gasteiger partial charge in [0, 0.05) is 29.0 Å². The van der Waals surface area contributed by atoms with Crippen molar-refractivity contribution >= 4 is 23.2 Å². The van der Waals surface area contributed by atoms with E-state index in [4.69, 9.17) is 16.3 Å². The van der Waals surface area contributed by atoms with E-state index in [2.05, 4.69) is 17.2 Å². The minimum atomic E-state index is 0.0348. The minimum absolute atomic E-state index is 0.0348. The fourth-order valence-electron chi connectivity index (χ4n) is 3.72. The normalized spacial score (nSPS) is 21.0. The Morgan fingerprint density at radius 1 is 1.15 bits per heavy atom. The molecule has 26 heavy (non-hydrogen) atoms. The van der Waals surface area contributed by atoms with Crippen molar-refractivity contribution in [1.82, 2.24) is 4.98 Å². The number of anilines is 1. The maximum atomic E-state index is 12.7. The summed E-state index contributed by atoms with van der Waals surface area (Å²) in [5, 5.41) is 3.70.